The first-order valence-corrected chi connectivity index (χ1v) is 1.74. The fourth-order valence-electron chi connectivity index (χ4n) is 0.252. The molecule has 1 heterocycles. The molecule has 0 atom stereocenters. The van der Waals surface area contributed by atoms with E-state index in [9.17, 15) is 4.39 Å². The van der Waals surface area contributed by atoms with E-state index in [1.165, 1.54) is 12.3 Å². The zero-order chi connectivity index (χ0) is 5.11. The number of nitrogens with zero attached hydrogens (tertiary/aromatic N) is 2. The second-order valence-electron chi connectivity index (χ2n) is 0.966. The zero-order valence-corrected chi connectivity index (χ0v) is 6.77. The van der Waals surface area contributed by atoms with E-state index in [4.69, 9.17) is 0 Å². The summed E-state index contributed by atoms with van der Waals surface area (Å²) in [4.78, 5) is 0. The van der Waals surface area contributed by atoms with E-state index >= 15 is 0 Å². The van der Waals surface area contributed by atoms with Gasteiger partial charge in [0.1, 0.15) is 5.95 Å². The van der Waals surface area contributed by atoms with Gasteiger partial charge >= 0.3 is 0 Å². The second-order valence-corrected chi connectivity index (χ2v) is 0.966. The van der Waals surface area contributed by atoms with Gasteiger partial charge in [-0.15, -0.1) is 6.20 Å². The largest absolute Gasteiger partial charge is 0.256 e. The van der Waals surface area contributed by atoms with Gasteiger partial charge in [-0.2, -0.15) is 11.2 Å². The minimum Gasteiger partial charge on any atom is -0.256 e. The van der Waals surface area contributed by atoms with Crippen molar-refractivity contribution in [3.63, 3.8) is 0 Å². The van der Waals surface area contributed by atoms with Gasteiger partial charge in [-0.3, -0.25) is 5.10 Å². The molecule has 0 saturated heterocycles. The Kier molecular flexibility index (Phi) is 3.53. The normalized spacial score (nSPS) is 7.62. The molecule has 1 aromatic rings. The molecule has 0 fully saturated rings. The fraction of sp³-hybridized carbons (Fsp3) is 0. The molecule has 1 rings (SSSR count). The van der Waals surface area contributed by atoms with E-state index in [1.54, 1.807) is 0 Å². The molecule has 0 N–H and O–H groups in total. The van der Waals surface area contributed by atoms with E-state index in [2.05, 4.69) is 16.3 Å². The third kappa shape index (κ3) is 2.12. The average molecular weight is 281 g/mol. The monoisotopic (exact) mass is 281 g/mol. The molecule has 0 aromatic carbocycles. The van der Waals surface area contributed by atoms with Crippen LogP contribution in [0.4, 0.5) is 4.39 Å². The Morgan fingerprint density at radius 3 is 2.62 bits per heavy atom. The summed E-state index contributed by atoms with van der Waals surface area (Å²) in [6.45, 7) is 0. The van der Waals surface area contributed by atoms with Gasteiger partial charge in [-0.05, 0) is 0 Å². The maximum atomic E-state index is 11.7. The molecule has 0 aliphatic carbocycles. The first-order chi connectivity index (χ1) is 3.39. The second kappa shape index (κ2) is 3.67. The SMILES string of the molecule is Fc1[c-]ccnn1.[W]. The van der Waals surface area contributed by atoms with Crippen molar-refractivity contribution in [3.05, 3.63) is 24.3 Å². The molecule has 8 heavy (non-hydrogen) atoms. The van der Waals surface area contributed by atoms with Crippen molar-refractivity contribution in [3.8, 4) is 0 Å². The molecule has 0 aliphatic rings. The van der Waals surface area contributed by atoms with Crippen LogP contribution in [0.3, 0.4) is 0 Å². The molecular weight excluding hydrogens is 279 g/mol. The Morgan fingerprint density at radius 2 is 2.38 bits per heavy atom. The minimum absolute atomic E-state index is 0. The summed E-state index contributed by atoms with van der Waals surface area (Å²) in [5.74, 6) is -0.664. The van der Waals surface area contributed by atoms with Gasteiger partial charge in [0.15, 0.2) is 0 Å². The maximum Gasteiger partial charge on any atom is 0.143 e. The maximum absolute atomic E-state index is 11.7. The number of rotatable bonds is 0. The van der Waals surface area contributed by atoms with Gasteiger partial charge in [0.05, 0.1) is 0 Å². The van der Waals surface area contributed by atoms with Crippen molar-refractivity contribution >= 4 is 0 Å². The molecule has 0 amide bonds. The molecule has 2 nitrogen and oxygen atoms in total. The molecule has 0 unspecified atom stereocenters. The van der Waals surface area contributed by atoms with Crippen LogP contribution < -0.4 is 0 Å². The quantitative estimate of drug-likeness (QED) is 0.644. The summed E-state index contributed by atoms with van der Waals surface area (Å²) in [6.07, 6.45) is 1.36. The van der Waals surface area contributed by atoms with Crippen LogP contribution in [0.1, 0.15) is 0 Å². The van der Waals surface area contributed by atoms with E-state index < -0.39 is 5.95 Å². The van der Waals surface area contributed by atoms with Crippen LogP contribution in [0, 0.1) is 12.0 Å². The van der Waals surface area contributed by atoms with Gasteiger partial charge in [-0.1, -0.05) is 0 Å². The summed E-state index contributed by atoms with van der Waals surface area (Å²) in [5.41, 5.74) is 0. The molecule has 1 aromatic heterocycles. The molecule has 0 aliphatic heterocycles. The van der Waals surface area contributed by atoms with Crippen LogP contribution in [0.2, 0.25) is 0 Å². The van der Waals surface area contributed by atoms with Crippen molar-refractivity contribution < 1.29 is 25.5 Å². The van der Waals surface area contributed by atoms with Crippen molar-refractivity contribution in [1.82, 2.24) is 10.2 Å². The molecule has 0 saturated carbocycles. The Bertz CT molecular complexity index is 144. The Balaban J connectivity index is 0.000000490. The van der Waals surface area contributed by atoms with Crippen LogP contribution in [0.25, 0.3) is 0 Å². The molecule has 42 valence electrons. The van der Waals surface area contributed by atoms with Crippen LogP contribution in [-0.2, 0) is 21.1 Å². The topological polar surface area (TPSA) is 25.8 Å². The molecule has 4 heteroatoms. The number of hydrogen-bond donors (Lipinski definition) is 0. The van der Waals surface area contributed by atoms with Gasteiger partial charge < -0.3 is 0 Å². The van der Waals surface area contributed by atoms with Crippen molar-refractivity contribution in [2.24, 2.45) is 0 Å². The standard InChI is InChI=1S/C4H2FN2.W/c5-4-2-1-3-6-7-4;/h1,3H;/q-1;. The van der Waals surface area contributed by atoms with Crippen LogP contribution in [-0.4, -0.2) is 10.2 Å². The van der Waals surface area contributed by atoms with Crippen LogP contribution in [0.5, 0.6) is 0 Å². The number of halogens is 1. The van der Waals surface area contributed by atoms with E-state index in [1.807, 2.05) is 0 Å². The van der Waals surface area contributed by atoms with Crippen LogP contribution >= 0.6 is 0 Å². The predicted octanol–water partition coefficient (Wildman–Crippen LogP) is 0.413. The van der Waals surface area contributed by atoms with Crippen molar-refractivity contribution in [2.75, 3.05) is 0 Å². The summed E-state index contributed by atoms with van der Waals surface area (Å²) in [7, 11) is 0. The number of hydrogen-bond acceptors (Lipinski definition) is 2. The Morgan fingerprint density at radius 1 is 1.62 bits per heavy atom. The number of aromatic nitrogens is 2. The smallest absolute Gasteiger partial charge is 0.143 e. The van der Waals surface area contributed by atoms with Gasteiger partial charge in [-0.25, -0.2) is 10.5 Å². The molecule has 0 radical (unpaired) electrons. The summed E-state index contributed by atoms with van der Waals surface area (Å²) in [5, 5.41) is 6.23. The Labute approximate surface area is 60.4 Å². The van der Waals surface area contributed by atoms with Gasteiger partial charge in [0, 0.05) is 21.1 Å². The van der Waals surface area contributed by atoms with E-state index in [-0.39, 0.29) is 21.1 Å². The first-order valence-electron chi connectivity index (χ1n) is 1.74. The third-order valence-electron chi connectivity index (χ3n) is 0.489. The first kappa shape index (κ1) is 7.70. The van der Waals surface area contributed by atoms with Crippen molar-refractivity contribution in [2.45, 2.75) is 0 Å². The Hall–Kier alpha value is -0.302. The zero-order valence-electron chi connectivity index (χ0n) is 3.84. The summed E-state index contributed by atoms with van der Waals surface area (Å²) in [6, 6.07) is 3.55. The molecular formula is C4H2FN2W-. The van der Waals surface area contributed by atoms with Crippen molar-refractivity contribution in [1.29, 1.82) is 0 Å². The summed E-state index contributed by atoms with van der Waals surface area (Å²) >= 11 is 0. The minimum atomic E-state index is -0.664. The average Bonchev–Trinajstić information content (AvgIpc) is 1.69. The molecule has 0 spiro atoms. The van der Waals surface area contributed by atoms with Gasteiger partial charge in [0.25, 0.3) is 0 Å². The summed E-state index contributed by atoms with van der Waals surface area (Å²) < 4.78 is 11.7. The molecule has 0 bridgehead atoms. The third-order valence-corrected chi connectivity index (χ3v) is 0.489. The van der Waals surface area contributed by atoms with Gasteiger partial charge in [0.2, 0.25) is 0 Å². The van der Waals surface area contributed by atoms with E-state index in [0.29, 0.717) is 0 Å². The van der Waals surface area contributed by atoms with Crippen LogP contribution in [0.15, 0.2) is 12.3 Å². The van der Waals surface area contributed by atoms with E-state index in [0.717, 1.165) is 0 Å². The predicted molar refractivity (Wildman–Crippen MR) is 20.8 cm³/mol. The fourth-order valence-corrected chi connectivity index (χ4v) is 0.252.